The Kier molecular flexibility index (Phi) is 4.11. The van der Waals surface area contributed by atoms with Crippen LogP contribution < -0.4 is 4.74 Å². The Morgan fingerprint density at radius 3 is 2.52 bits per heavy atom. The molecule has 0 spiro atoms. The molecule has 4 nitrogen and oxygen atoms in total. The molecule has 7 heteroatoms. The van der Waals surface area contributed by atoms with Gasteiger partial charge >= 0.3 is 12.3 Å². The standard InChI is InChI=1S/C14H10F3NO3/c15-14(16,17)21-12-7-2-1-5-10(12)11-6-3-4-9(18-11)8-13(19)20/h1-7H,8H2,(H,19,20). The number of ether oxygens (including phenoxy) is 1. The Morgan fingerprint density at radius 1 is 1.14 bits per heavy atom. The molecule has 0 saturated carbocycles. The van der Waals surface area contributed by atoms with Gasteiger partial charge in [-0.3, -0.25) is 9.78 Å². The van der Waals surface area contributed by atoms with Crippen LogP contribution in [0.2, 0.25) is 0 Å². The lowest BCUT2D eigenvalue weighted by Gasteiger charge is -2.13. The van der Waals surface area contributed by atoms with Crippen LogP contribution in [0.1, 0.15) is 5.69 Å². The van der Waals surface area contributed by atoms with Crippen LogP contribution in [0, 0.1) is 0 Å². The van der Waals surface area contributed by atoms with Gasteiger partial charge in [0, 0.05) is 5.56 Å². The largest absolute Gasteiger partial charge is 0.573 e. The molecular weight excluding hydrogens is 287 g/mol. The van der Waals surface area contributed by atoms with Crippen LogP contribution in [0.4, 0.5) is 13.2 Å². The minimum Gasteiger partial charge on any atom is -0.481 e. The maximum atomic E-state index is 12.4. The molecule has 0 aliphatic rings. The number of carboxylic acids is 1. The predicted octanol–water partition coefficient (Wildman–Crippen LogP) is 3.27. The molecule has 21 heavy (non-hydrogen) atoms. The molecular formula is C14H10F3NO3. The lowest BCUT2D eigenvalue weighted by atomic mass is 10.1. The molecule has 0 radical (unpaired) electrons. The molecule has 1 heterocycles. The van der Waals surface area contributed by atoms with Crippen molar-refractivity contribution in [2.45, 2.75) is 12.8 Å². The summed E-state index contributed by atoms with van der Waals surface area (Å²) in [6.07, 6.45) is -5.12. The average Bonchev–Trinajstić information content (AvgIpc) is 2.37. The van der Waals surface area contributed by atoms with Crippen molar-refractivity contribution in [1.29, 1.82) is 0 Å². The van der Waals surface area contributed by atoms with E-state index >= 15 is 0 Å². The van der Waals surface area contributed by atoms with E-state index in [1.807, 2.05) is 0 Å². The molecule has 2 aromatic rings. The molecule has 1 N–H and O–H groups in total. The van der Waals surface area contributed by atoms with E-state index in [9.17, 15) is 18.0 Å². The van der Waals surface area contributed by atoms with Gasteiger partial charge in [-0.2, -0.15) is 0 Å². The molecule has 0 atom stereocenters. The molecule has 0 bridgehead atoms. The van der Waals surface area contributed by atoms with E-state index in [0.29, 0.717) is 0 Å². The highest BCUT2D eigenvalue weighted by Gasteiger charge is 2.32. The monoisotopic (exact) mass is 297 g/mol. The smallest absolute Gasteiger partial charge is 0.481 e. The molecule has 2 rings (SSSR count). The Balaban J connectivity index is 2.40. The summed E-state index contributed by atoms with van der Waals surface area (Å²) in [4.78, 5) is 14.7. The molecule has 1 aromatic carbocycles. The first-order valence-electron chi connectivity index (χ1n) is 5.88. The molecule has 0 saturated heterocycles. The Morgan fingerprint density at radius 2 is 1.86 bits per heavy atom. The highest BCUT2D eigenvalue weighted by molar-refractivity contribution is 5.71. The lowest BCUT2D eigenvalue weighted by molar-refractivity contribution is -0.274. The SMILES string of the molecule is O=C(O)Cc1cccc(-c2ccccc2OC(F)(F)F)n1. The summed E-state index contributed by atoms with van der Waals surface area (Å²) in [6.45, 7) is 0. The molecule has 0 aliphatic carbocycles. The number of pyridine rings is 1. The number of carbonyl (C=O) groups is 1. The first-order chi connectivity index (χ1) is 9.85. The second kappa shape index (κ2) is 5.82. The normalized spacial score (nSPS) is 11.2. The molecule has 110 valence electrons. The van der Waals surface area contributed by atoms with Crippen molar-refractivity contribution in [3.05, 3.63) is 48.2 Å². The van der Waals surface area contributed by atoms with Crippen LogP contribution in [-0.2, 0) is 11.2 Å². The summed E-state index contributed by atoms with van der Waals surface area (Å²) in [5.41, 5.74) is 0.609. The van der Waals surface area contributed by atoms with Crippen molar-refractivity contribution in [2.24, 2.45) is 0 Å². The van der Waals surface area contributed by atoms with Crippen LogP contribution in [0.5, 0.6) is 5.75 Å². The summed E-state index contributed by atoms with van der Waals surface area (Å²) in [5.74, 6) is -1.45. The number of para-hydroxylation sites is 1. The zero-order valence-corrected chi connectivity index (χ0v) is 10.6. The van der Waals surface area contributed by atoms with Crippen LogP contribution in [0.15, 0.2) is 42.5 Å². The summed E-state index contributed by atoms with van der Waals surface area (Å²) in [7, 11) is 0. The zero-order chi connectivity index (χ0) is 15.5. The number of benzene rings is 1. The second-order valence-electron chi connectivity index (χ2n) is 4.13. The summed E-state index contributed by atoms with van der Waals surface area (Å²) < 4.78 is 41.1. The number of rotatable bonds is 4. The van der Waals surface area contributed by atoms with Gasteiger partial charge in [0.25, 0.3) is 0 Å². The molecule has 0 unspecified atom stereocenters. The third-order valence-corrected chi connectivity index (χ3v) is 2.53. The average molecular weight is 297 g/mol. The molecule has 0 aliphatic heterocycles. The number of halogens is 3. The van der Waals surface area contributed by atoms with Gasteiger partial charge in [-0.05, 0) is 24.3 Å². The highest BCUT2D eigenvalue weighted by Crippen LogP contribution is 2.32. The number of aliphatic carboxylic acids is 1. The fourth-order valence-electron chi connectivity index (χ4n) is 1.77. The number of carboxylic acid groups (broad SMARTS) is 1. The van der Waals surface area contributed by atoms with Crippen molar-refractivity contribution in [2.75, 3.05) is 0 Å². The summed E-state index contributed by atoms with van der Waals surface area (Å²) in [6, 6.07) is 10.1. The van der Waals surface area contributed by atoms with E-state index in [1.54, 1.807) is 6.07 Å². The molecule has 1 aromatic heterocycles. The van der Waals surface area contributed by atoms with Crippen molar-refractivity contribution in [3.8, 4) is 17.0 Å². The van der Waals surface area contributed by atoms with E-state index in [0.717, 1.165) is 0 Å². The first-order valence-corrected chi connectivity index (χ1v) is 5.88. The van der Waals surface area contributed by atoms with Gasteiger partial charge < -0.3 is 9.84 Å². The van der Waals surface area contributed by atoms with Crippen molar-refractivity contribution in [3.63, 3.8) is 0 Å². The topological polar surface area (TPSA) is 59.4 Å². The quantitative estimate of drug-likeness (QED) is 0.941. The minimum atomic E-state index is -4.81. The maximum Gasteiger partial charge on any atom is 0.573 e. The van der Waals surface area contributed by atoms with Crippen LogP contribution in [0.3, 0.4) is 0 Å². The van der Waals surface area contributed by atoms with Crippen molar-refractivity contribution < 1.29 is 27.8 Å². The fourth-order valence-corrected chi connectivity index (χ4v) is 1.77. The van der Waals surface area contributed by atoms with Crippen LogP contribution in [-0.4, -0.2) is 22.4 Å². The van der Waals surface area contributed by atoms with Crippen molar-refractivity contribution >= 4 is 5.97 Å². The third kappa shape index (κ3) is 4.20. The van der Waals surface area contributed by atoms with E-state index in [-0.39, 0.29) is 29.1 Å². The van der Waals surface area contributed by atoms with Crippen molar-refractivity contribution in [1.82, 2.24) is 4.98 Å². The highest BCUT2D eigenvalue weighted by atomic mass is 19.4. The van der Waals surface area contributed by atoms with Gasteiger partial charge in [-0.25, -0.2) is 0 Å². The van der Waals surface area contributed by atoms with E-state index < -0.39 is 12.3 Å². The Labute approximate surface area is 117 Å². The van der Waals surface area contributed by atoms with Gasteiger partial charge in [0.1, 0.15) is 5.75 Å². The molecule has 0 fully saturated rings. The van der Waals surface area contributed by atoms with Crippen LogP contribution >= 0.6 is 0 Å². The van der Waals surface area contributed by atoms with Crippen LogP contribution in [0.25, 0.3) is 11.3 Å². The minimum absolute atomic E-state index is 0.141. The fraction of sp³-hybridized carbons (Fsp3) is 0.143. The van der Waals surface area contributed by atoms with E-state index in [2.05, 4.69) is 9.72 Å². The number of nitrogens with zero attached hydrogens (tertiary/aromatic N) is 1. The maximum absolute atomic E-state index is 12.4. The predicted molar refractivity (Wildman–Crippen MR) is 67.7 cm³/mol. The Hall–Kier alpha value is -2.57. The van der Waals surface area contributed by atoms with E-state index in [1.165, 1.54) is 36.4 Å². The Bertz CT molecular complexity index is 656. The lowest BCUT2D eigenvalue weighted by Crippen LogP contribution is -2.17. The first kappa shape index (κ1) is 14.8. The summed E-state index contributed by atoms with van der Waals surface area (Å²) >= 11 is 0. The zero-order valence-electron chi connectivity index (χ0n) is 10.6. The van der Waals surface area contributed by atoms with Gasteiger partial charge in [0.05, 0.1) is 17.8 Å². The van der Waals surface area contributed by atoms with Gasteiger partial charge in [-0.1, -0.05) is 18.2 Å². The van der Waals surface area contributed by atoms with Gasteiger partial charge in [0.2, 0.25) is 0 Å². The van der Waals surface area contributed by atoms with E-state index in [4.69, 9.17) is 5.11 Å². The van der Waals surface area contributed by atoms with Gasteiger partial charge in [0.15, 0.2) is 0 Å². The van der Waals surface area contributed by atoms with Gasteiger partial charge in [-0.15, -0.1) is 13.2 Å². The number of alkyl halides is 3. The molecule has 0 amide bonds. The second-order valence-corrected chi connectivity index (χ2v) is 4.13. The number of hydrogen-bond donors (Lipinski definition) is 1. The number of hydrogen-bond acceptors (Lipinski definition) is 3. The number of aromatic nitrogens is 1. The summed E-state index contributed by atoms with van der Waals surface area (Å²) in [5, 5.41) is 8.72. The third-order valence-electron chi connectivity index (χ3n) is 2.53.